The van der Waals surface area contributed by atoms with Crippen LogP contribution in [0.2, 0.25) is 0 Å². The van der Waals surface area contributed by atoms with Crippen molar-refractivity contribution < 1.29 is 13.6 Å². The summed E-state index contributed by atoms with van der Waals surface area (Å²) in [6, 6.07) is 1.99. The van der Waals surface area contributed by atoms with Crippen LogP contribution in [0.5, 0.6) is 0 Å². The van der Waals surface area contributed by atoms with Crippen LogP contribution >= 0.6 is 11.3 Å². The molecule has 0 atom stereocenters. The van der Waals surface area contributed by atoms with Crippen LogP contribution in [-0.2, 0) is 6.42 Å². The normalized spacial score (nSPS) is 10.6. The number of anilines is 1. The van der Waals surface area contributed by atoms with Crippen molar-refractivity contribution in [2.24, 2.45) is 5.73 Å². The molecule has 0 fully saturated rings. The van der Waals surface area contributed by atoms with E-state index in [9.17, 15) is 13.6 Å². The zero-order chi connectivity index (χ0) is 14.7. The number of nitrogens with one attached hydrogen (secondary N) is 1. The second-order valence-electron chi connectivity index (χ2n) is 4.20. The molecule has 0 aliphatic rings. The number of nitrogens with zero attached hydrogens (tertiary/aromatic N) is 1. The van der Waals surface area contributed by atoms with Gasteiger partial charge in [0.25, 0.3) is 5.91 Å². The molecule has 0 aliphatic carbocycles. The van der Waals surface area contributed by atoms with Crippen LogP contribution in [0.3, 0.4) is 0 Å². The van der Waals surface area contributed by atoms with E-state index >= 15 is 0 Å². The molecule has 4 nitrogen and oxygen atoms in total. The first-order chi connectivity index (χ1) is 9.51. The highest BCUT2D eigenvalue weighted by atomic mass is 32.1. The van der Waals surface area contributed by atoms with E-state index < -0.39 is 17.5 Å². The zero-order valence-electron chi connectivity index (χ0n) is 10.7. The maximum atomic E-state index is 13.6. The minimum Gasteiger partial charge on any atom is -0.330 e. The Hall–Kier alpha value is -1.86. The van der Waals surface area contributed by atoms with Gasteiger partial charge < -0.3 is 11.1 Å². The monoisotopic (exact) mass is 297 g/mol. The SMILES string of the molecule is Cc1cc(F)c(NC(=O)c2csc(CCN)n2)cc1F. The lowest BCUT2D eigenvalue weighted by molar-refractivity contribution is 0.102. The largest absolute Gasteiger partial charge is 0.330 e. The molecule has 0 spiro atoms. The number of hydrogen-bond donors (Lipinski definition) is 2. The molecule has 0 bridgehead atoms. The van der Waals surface area contributed by atoms with E-state index in [1.54, 1.807) is 5.38 Å². The first-order valence-electron chi connectivity index (χ1n) is 5.92. The minimum atomic E-state index is -0.685. The fourth-order valence-electron chi connectivity index (χ4n) is 1.58. The zero-order valence-corrected chi connectivity index (χ0v) is 11.6. The predicted octanol–water partition coefficient (Wildman–Crippen LogP) is 2.48. The number of carbonyl (C=O) groups is 1. The van der Waals surface area contributed by atoms with Crippen LogP contribution in [-0.4, -0.2) is 17.4 Å². The molecule has 1 amide bonds. The predicted molar refractivity (Wildman–Crippen MR) is 73.9 cm³/mol. The van der Waals surface area contributed by atoms with E-state index in [1.165, 1.54) is 18.3 Å². The van der Waals surface area contributed by atoms with Gasteiger partial charge in [0.2, 0.25) is 0 Å². The Balaban J connectivity index is 2.16. The van der Waals surface area contributed by atoms with Crippen LogP contribution in [0.15, 0.2) is 17.5 Å². The van der Waals surface area contributed by atoms with E-state index in [2.05, 4.69) is 10.3 Å². The number of thiazole rings is 1. The molecule has 0 unspecified atom stereocenters. The molecule has 20 heavy (non-hydrogen) atoms. The molecule has 0 aliphatic heterocycles. The Labute approximate surface area is 118 Å². The molecule has 106 valence electrons. The maximum absolute atomic E-state index is 13.6. The summed E-state index contributed by atoms with van der Waals surface area (Å²) < 4.78 is 27.0. The number of carbonyl (C=O) groups excluding carboxylic acids is 1. The topological polar surface area (TPSA) is 68.0 Å². The molecule has 7 heteroatoms. The molecule has 2 rings (SSSR count). The molecule has 0 saturated heterocycles. The average Bonchev–Trinajstić information content (AvgIpc) is 2.85. The van der Waals surface area contributed by atoms with Gasteiger partial charge >= 0.3 is 0 Å². The Morgan fingerprint density at radius 1 is 1.40 bits per heavy atom. The van der Waals surface area contributed by atoms with Gasteiger partial charge in [-0.05, 0) is 25.1 Å². The molecular weight excluding hydrogens is 284 g/mol. The number of halogens is 2. The molecular formula is C13H13F2N3OS. The van der Waals surface area contributed by atoms with Gasteiger partial charge in [-0.15, -0.1) is 11.3 Å². The van der Waals surface area contributed by atoms with Crippen molar-refractivity contribution in [3.63, 3.8) is 0 Å². The van der Waals surface area contributed by atoms with Gasteiger partial charge in [-0.25, -0.2) is 13.8 Å². The van der Waals surface area contributed by atoms with E-state index in [0.717, 1.165) is 17.1 Å². The van der Waals surface area contributed by atoms with Gasteiger partial charge in [0.1, 0.15) is 17.3 Å². The van der Waals surface area contributed by atoms with Crippen LogP contribution < -0.4 is 11.1 Å². The summed E-state index contributed by atoms with van der Waals surface area (Å²) in [5, 5.41) is 4.60. The summed E-state index contributed by atoms with van der Waals surface area (Å²) in [5.74, 6) is -1.84. The van der Waals surface area contributed by atoms with Gasteiger partial charge in [-0.1, -0.05) is 0 Å². The summed E-state index contributed by atoms with van der Waals surface area (Å²) in [7, 11) is 0. The van der Waals surface area contributed by atoms with Crippen molar-refractivity contribution in [3.8, 4) is 0 Å². The van der Waals surface area contributed by atoms with E-state index in [1.807, 2.05) is 0 Å². The Morgan fingerprint density at radius 2 is 2.15 bits per heavy atom. The summed E-state index contributed by atoms with van der Waals surface area (Å²) >= 11 is 1.30. The Bertz CT molecular complexity index is 643. The molecule has 1 aromatic heterocycles. The fourth-order valence-corrected chi connectivity index (χ4v) is 2.38. The van der Waals surface area contributed by atoms with Crippen molar-refractivity contribution >= 4 is 22.9 Å². The summed E-state index contributed by atoms with van der Waals surface area (Å²) in [6.45, 7) is 1.88. The number of nitrogens with two attached hydrogens (primary N) is 1. The lowest BCUT2D eigenvalue weighted by Crippen LogP contribution is -2.14. The highest BCUT2D eigenvalue weighted by Gasteiger charge is 2.14. The number of amides is 1. The van der Waals surface area contributed by atoms with Crippen molar-refractivity contribution in [2.45, 2.75) is 13.3 Å². The average molecular weight is 297 g/mol. The van der Waals surface area contributed by atoms with Crippen LogP contribution in [0, 0.1) is 18.6 Å². The van der Waals surface area contributed by atoms with Crippen molar-refractivity contribution in [1.29, 1.82) is 0 Å². The van der Waals surface area contributed by atoms with Gasteiger partial charge in [-0.2, -0.15) is 0 Å². The van der Waals surface area contributed by atoms with Crippen LogP contribution in [0.1, 0.15) is 21.1 Å². The van der Waals surface area contributed by atoms with Crippen LogP contribution in [0.25, 0.3) is 0 Å². The second kappa shape index (κ2) is 6.06. The fraction of sp³-hybridized carbons (Fsp3) is 0.231. The van der Waals surface area contributed by atoms with E-state index in [-0.39, 0.29) is 16.9 Å². The smallest absolute Gasteiger partial charge is 0.275 e. The first kappa shape index (κ1) is 14.5. The lowest BCUT2D eigenvalue weighted by atomic mass is 10.2. The molecule has 2 aromatic rings. The Morgan fingerprint density at radius 3 is 2.85 bits per heavy atom. The standard InChI is InChI=1S/C13H13F2N3OS/c1-7-4-9(15)10(5-8(7)14)18-13(19)11-6-20-12(17-11)2-3-16/h4-6H,2-3,16H2,1H3,(H,18,19). The van der Waals surface area contributed by atoms with E-state index in [4.69, 9.17) is 5.73 Å². The van der Waals surface area contributed by atoms with Crippen LogP contribution in [0.4, 0.5) is 14.5 Å². The van der Waals surface area contributed by atoms with Crippen molar-refractivity contribution in [1.82, 2.24) is 4.98 Å². The Kier molecular flexibility index (Phi) is 4.41. The van der Waals surface area contributed by atoms with Gasteiger partial charge in [-0.3, -0.25) is 4.79 Å². The number of aromatic nitrogens is 1. The van der Waals surface area contributed by atoms with Gasteiger partial charge in [0, 0.05) is 17.9 Å². The second-order valence-corrected chi connectivity index (χ2v) is 5.14. The molecule has 3 N–H and O–H groups in total. The van der Waals surface area contributed by atoms with E-state index in [0.29, 0.717) is 13.0 Å². The third kappa shape index (κ3) is 3.17. The number of hydrogen-bond acceptors (Lipinski definition) is 4. The van der Waals surface area contributed by atoms with Crippen molar-refractivity contribution in [2.75, 3.05) is 11.9 Å². The molecule has 1 heterocycles. The maximum Gasteiger partial charge on any atom is 0.275 e. The lowest BCUT2D eigenvalue weighted by Gasteiger charge is -2.06. The minimum absolute atomic E-state index is 0.166. The summed E-state index contributed by atoms with van der Waals surface area (Å²) in [6.07, 6.45) is 0.575. The highest BCUT2D eigenvalue weighted by molar-refractivity contribution is 7.09. The molecule has 0 radical (unpaired) electrons. The molecule has 0 saturated carbocycles. The number of rotatable bonds is 4. The highest BCUT2D eigenvalue weighted by Crippen LogP contribution is 2.20. The summed E-state index contributed by atoms with van der Waals surface area (Å²) in [5.41, 5.74) is 5.54. The third-order valence-corrected chi connectivity index (χ3v) is 3.55. The van der Waals surface area contributed by atoms with Gasteiger partial charge in [0.15, 0.2) is 0 Å². The molecule has 1 aromatic carbocycles. The number of benzene rings is 1. The number of aryl methyl sites for hydroxylation is 1. The first-order valence-corrected chi connectivity index (χ1v) is 6.80. The van der Waals surface area contributed by atoms with Gasteiger partial charge in [0.05, 0.1) is 10.7 Å². The third-order valence-electron chi connectivity index (χ3n) is 2.64. The summed E-state index contributed by atoms with van der Waals surface area (Å²) in [4.78, 5) is 16.0. The van der Waals surface area contributed by atoms with Crippen molar-refractivity contribution in [3.05, 3.63) is 45.4 Å². The quantitative estimate of drug-likeness (QED) is 0.911.